The number of hydrogen-bond donors (Lipinski definition) is 1. The summed E-state index contributed by atoms with van der Waals surface area (Å²) in [6, 6.07) is 6.06. The molecule has 5 heteroatoms. The fourth-order valence-corrected chi connectivity index (χ4v) is 5.52. The lowest BCUT2D eigenvalue weighted by Crippen LogP contribution is -2.46. The molecule has 4 rings (SSSR count). The summed E-state index contributed by atoms with van der Waals surface area (Å²) in [5.74, 6) is -0.123. The average molecular weight is 411 g/mol. The Bertz CT molecular complexity index is 620. The predicted molar refractivity (Wildman–Crippen MR) is 102 cm³/mol. The van der Waals surface area contributed by atoms with Crippen LogP contribution >= 0.6 is 15.9 Å². The third-order valence-electron chi connectivity index (χ3n) is 6.56. The number of piperidine rings is 1. The minimum absolute atomic E-state index is 0.0848. The van der Waals surface area contributed by atoms with Gasteiger partial charge in [-0.3, -0.25) is 4.90 Å². The van der Waals surface area contributed by atoms with Crippen LogP contribution in [-0.4, -0.2) is 48.3 Å². The largest absolute Gasteiger partial charge is 0.393 e. The first-order valence-corrected chi connectivity index (χ1v) is 10.5. The molecule has 138 valence electrons. The van der Waals surface area contributed by atoms with Crippen LogP contribution in [0, 0.1) is 11.2 Å². The minimum Gasteiger partial charge on any atom is -0.393 e. The van der Waals surface area contributed by atoms with Crippen molar-refractivity contribution in [3.05, 3.63) is 28.5 Å². The zero-order chi connectivity index (χ0) is 17.4. The molecular formula is C20H28BrFN2O. The Kier molecular flexibility index (Phi) is 5.09. The molecule has 2 aliphatic heterocycles. The highest BCUT2D eigenvalue weighted by Crippen LogP contribution is 2.42. The van der Waals surface area contributed by atoms with E-state index in [4.69, 9.17) is 0 Å². The van der Waals surface area contributed by atoms with Crippen LogP contribution in [-0.2, 0) is 0 Å². The Morgan fingerprint density at radius 2 is 1.88 bits per heavy atom. The molecule has 3 aliphatic rings. The number of halogens is 2. The second kappa shape index (κ2) is 7.16. The van der Waals surface area contributed by atoms with Crippen LogP contribution in [0.15, 0.2) is 22.7 Å². The number of rotatable bonds is 2. The molecular weight excluding hydrogens is 383 g/mol. The van der Waals surface area contributed by atoms with Gasteiger partial charge in [-0.25, -0.2) is 4.39 Å². The van der Waals surface area contributed by atoms with Crippen LogP contribution in [0.3, 0.4) is 0 Å². The zero-order valence-corrected chi connectivity index (χ0v) is 16.3. The van der Waals surface area contributed by atoms with Crippen molar-refractivity contribution in [2.24, 2.45) is 5.41 Å². The van der Waals surface area contributed by atoms with Crippen molar-refractivity contribution in [3.63, 3.8) is 0 Å². The van der Waals surface area contributed by atoms with E-state index < -0.39 is 0 Å². The fourth-order valence-electron chi connectivity index (χ4n) is 5.19. The Morgan fingerprint density at radius 3 is 2.64 bits per heavy atom. The third kappa shape index (κ3) is 3.74. The van der Waals surface area contributed by atoms with Gasteiger partial charge in [-0.1, -0.05) is 15.9 Å². The summed E-state index contributed by atoms with van der Waals surface area (Å²) >= 11 is 3.35. The van der Waals surface area contributed by atoms with Gasteiger partial charge in [-0.15, -0.1) is 0 Å². The summed E-state index contributed by atoms with van der Waals surface area (Å²) in [6.45, 7) is 4.23. The summed E-state index contributed by atoms with van der Waals surface area (Å²) in [5, 5.41) is 9.75. The van der Waals surface area contributed by atoms with Crippen molar-refractivity contribution >= 4 is 21.6 Å². The minimum atomic E-state index is -0.123. The van der Waals surface area contributed by atoms with Crippen LogP contribution in [0.5, 0.6) is 0 Å². The molecule has 0 aromatic heterocycles. The standard InChI is InChI=1S/C20H28BrFN2O/c21-15-2-7-19(18(22)12-15)24-10-1-8-20(14-24)9-11-23(13-20)16-3-5-17(25)6-4-16/h2,7,12,16-17,25H,1,3-6,8-11,13-14H2/t16?,17?,20-/m0/s1. The molecule has 1 saturated carbocycles. The smallest absolute Gasteiger partial charge is 0.147 e. The second-order valence-electron chi connectivity index (χ2n) is 8.30. The van der Waals surface area contributed by atoms with Crippen molar-refractivity contribution in [3.8, 4) is 0 Å². The molecule has 0 radical (unpaired) electrons. The number of hydrogen-bond acceptors (Lipinski definition) is 3. The Balaban J connectivity index is 1.44. The van der Waals surface area contributed by atoms with Crippen LogP contribution in [0.1, 0.15) is 44.9 Å². The molecule has 1 aromatic rings. The molecule has 1 N–H and O–H groups in total. The number of aliphatic hydroxyl groups is 1. The normalized spacial score (nSPS) is 34.0. The number of benzene rings is 1. The number of anilines is 1. The lowest BCUT2D eigenvalue weighted by molar-refractivity contribution is 0.0770. The van der Waals surface area contributed by atoms with Gasteiger partial charge in [0.05, 0.1) is 11.8 Å². The van der Waals surface area contributed by atoms with E-state index in [9.17, 15) is 9.50 Å². The molecule has 1 aliphatic carbocycles. The van der Waals surface area contributed by atoms with Gasteiger partial charge in [0.25, 0.3) is 0 Å². The van der Waals surface area contributed by atoms with Gasteiger partial charge in [-0.05, 0) is 69.7 Å². The first kappa shape index (κ1) is 17.7. The molecule has 1 aromatic carbocycles. The highest BCUT2D eigenvalue weighted by atomic mass is 79.9. The Morgan fingerprint density at radius 1 is 1.08 bits per heavy atom. The number of nitrogens with zero attached hydrogens (tertiary/aromatic N) is 2. The quantitative estimate of drug-likeness (QED) is 0.791. The maximum atomic E-state index is 14.4. The van der Waals surface area contributed by atoms with E-state index in [1.807, 2.05) is 12.1 Å². The molecule has 3 nitrogen and oxygen atoms in total. The average Bonchev–Trinajstić information content (AvgIpc) is 2.99. The molecule has 0 bridgehead atoms. The van der Waals surface area contributed by atoms with Gasteiger partial charge >= 0.3 is 0 Å². The van der Waals surface area contributed by atoms with Gasteiger partial charge < -0.3 is 10.0 Å². The van der Waals surface area contributed by atoms with Crippen LogP contribution in [0.4, 0.5) is 10.1 Å². The molecule has 0 amide bonds. The second-order valence-corrected chi connectivity index (χ2v) is 9.22. The van der Waals surface area contributed by atoms with E-state index in [1.54, 1.807) is 6.07 Å². The van der Waals surface area contributed by atoms with Crippen LogP contribution < -0.4 is 4.90 Å². The van der Waals surface area contributed by atoms with Crippen molar-refractivity contribution < 1.29 is 9.50 Å². The van der Waals surface area contributed by atoms with Crippen LogP contribution in [0.25, 0.3) is 0 Å². The van der Waals surface area contributed by atoms with Crippen molar-refractivity contribution in [1.82, 2.24) is 4.90 Å². The summed E-state index contributed by atoms with van der Waals surface area (Å²) in [5.41, 5.74) is 1.06. The maximum absolute atomic E-state index is 14.4. The van der Waals surface area contributed by atoms with Crippen LogP contribution in [0.2, 0.25) is 0 Å². The zero-order valence-electron chi connectivity index (χ0n) is 14.8. The van der Waals surface area contributed by atoms with Gasteiger partial charge in [0, 0.05) is 35.6 Å². The monoisotopic (exact) mass is 410 g/mol. The fraction of sp³-hybridized carbons (Fsp3) is 0.700. The lowest BCUT2D eigenvalue weighted by atomic mass is 9.79. The van der Waals surface area contributed by atoms with Gasteiger partial charge in [-0.2, -0.15) is 0 Å². The molecule has 3 fully saturated rings. The molecule has 25 heavy (non-hydrogen) atoms. The first-order chi connectivity index (χ1) is 12.0. The van der Waals surface area contributed by atoms with E-state index in [-0.39, 0.29) is 11.9 Å². The highest BCUT2D eigenvalue weighted by molar-refractivity contribution is 9.10. The summed E-state index contributed by atoms with van der Waals surface area (Å²) in [7, 11) is 0. The maximum Gasteiger partial charge on any atom is 0.147 e. The molecule has 2 heterocycles. The van der Waals surface area contributed by atoms with E-state index in [0.717, 1.165) is 68.4 Å². The van der Waals surface area contributed by atoms with Crippen molar-refractivity contribution in [1.29, 1.82) is 0 Å². The SMILES string of the molecule is OC1CCC(N2CC[C@@]3(CCCN(c4ccc(Br)cc4F)C3)C2)CC1. The topological polar surface area (TPSA) is 26.7 Å². The van der Waals surface area contributed by atoms with E-state index in [2.05, 4.69) is 25.7 Å². The third-order valence-corrected chi connectivity index (χ3v) is 7.06. The van der Waals surface area contributed by atoms with E-state index in [1.165, 1.54) is 12.8 Å². The van der Waals surface area contributed by atoms with Crippen molar-refractivity contribution in [2.45, 2.75) is 57.1 Å². The Hall–Kier alpha value is -0.650. The molecule has 2 saturated heterocycles. The van der Waals surface area contributed by atoms with Gasteiger partial charge in [0.2, 0.25) is 0 Å². The summed E-state index contributed by atoms with van der Waals surface area (Å²) in [4.78, 5) is 4.92. The molecule has 1 atom stereocenters. The summed E-state index contributed by atoms with van der Waals surface area (Å²) in [6.07, 6.45) is 7.69. The molecule has 0 unspecified atom stereocenters. The lowest BCUT2D eigenvalue weighted by Gasteiger charge is -2.42. The van der Waals surface area contributed by atoms with E-state index in [0.29, 0.717) is 11.5 Å². The predicted octanol–water partition coefficient (Wildman–Crippen LogP) is 4.18. The number of aliphatic hydroxyl groups excluding tert-OH is 1. The van der Waals surface area contributed by atoms with E-state index >= 15 is 0 Å². The number of likely N-dealkylation sites (tertiary alicyclic amines) is 1. The Labute approximate surface area is 158 Å². The van der Waals surface area contributed by atoms with Crippen molar-refractivity contribution in [2.75, 3.05) is 31.1 Å². The highest BCUT2D eigenvalue weighted by Gasteiger charge is 2.43. The first-order valence-electron chi connectivity index (χ1n) is 9.67. The molecule has 1 spiro atoms. The summed E-state index contributed by atoms with van der Waals surface area (Å²) < 4.78 is 15.2. The van der Waals surface area contributed by atoms with Gasteiger partial charge in [0.15, 0.2) is 0 Å². The van der Waals surface area contributed by atoms with Gasteiger partial charge in [0.1, 0.15) is 5.82 Å².